The summed E-state index contributed by atoms with van der Waals surface area (Å²) < 4.78 is 0. The lowest BCUT2D eigenvalue weighted by atomic mass is 9.74. The smallest absolute Gasteiger partial charge is 0.00122 e. The molecule has 0 aromatic carbocycles. The molecule has 1 fully saturated rings. The van der Waals surface area contributed by atoms with Crippen molar-refractivity contribution in [2.45, 2.75) is 33.6 Å². The van der Waals surface area contributed by atoms with E-state index in [1.165, 1.54) is 25.9 Å². The summed E-state index contributed by atoms with van der Waals surface area (Å²) >= 11 is 0. The van der Waals surface area contributed by atoms with Gasteiger partial charge in [0, 0.05) is 13.1 Å². The van der Waals surface area contributed by atoms with Gasteiger partial charge in [0.25, 0.3) is 0 Å². The summed E-state index contributed by atoms with van der Waals surface area (Å²) in [7, 11) is 2.24. The van der Waals surface area contributed by atoms with Gasteiger partial charge in [-0.1, -0.05) is 20.8 Å². The van der Waals surface area contributed by atoms with Gasteiger partial charge in [-0.25, -0.2) is 0 Å². The van der Waals surface area contributed by atoms with Crippen molar-refractivity contribution < 1.29 is 0 Å². The van der Waals surface area contributed by atoms with E-state index >= 15 is 0 Å². The highest BCUT2D eigenvalue weighted by atomic mass is 15.1. The molecule has 1 aliphatic heterocycles. The summed E-state index contributed by atoms with van der Waals surface area (Å²) in [5, 5.41) is 3.59. The molecule has 3 N–H and O–H groups in total. The van der Waals surface area contributed by atoms with Crippen molar-refractivity contribution in [3.63, 3.8) is 0 Å². The average Bonchev–Trinajstić information content (AvgIpc) is 2.28. The third kappa shape index (κ3) is 4.94. The lowest BCUT2D eigenvalue weighted by Gasteiger charge is -2.40. The molecule has 0 amide bonds. The van der Waals surface area contributed by atoms with E-state index in [1.807, 2.05) is 0 Å². The second-order valence-corrected chi connectivity index (χ2v) is 6.56. The molecule has 1 aliphatic rings. The van der Waals surface area contributed by atoms with Crippen LogP contribution in [0.5, 0.6) is 0 Å². The first-order chi connectivity index (χ1) is 7.95. The Kier molecular flexibility index (Phi) is 5.90. The van der Waals surface area contributed by atoms with Crippen molar-refractivity contribution in [2.75, 3.05) is 39.8 Å². The average molecular weight is 241 g/mol. The van der Waals surface area contributed by atoms with Crippen LogP contribution in [0.2, 0.25) is 0 Å². The maximum absolute atomic E-state index is 5.64. The van der Waals surface area contributed by atoms with E-state index in [4.69, 9.17) is 5.73 Å². The van der Waals surface area contributed by atoms with Crippen LogP contribution in [0.15, 0.2) is 0 Å². The maximum atomic E-state index is 5.64. The quantitative estimate of drug-likeness (QED) is 0.741. The molecule has 2 unspecified atom stereocenters. The summed E-state index contributed by atoms with van der Waals surface area (Å²) in [5.74, 6) is 1.40. The molecule has 17 heavy (non-hydrogen) atoms. The fraction of sp³-hybridized carbons (Fsp3) is 1.00. The molecule has 1 heterocycles. The van der Waals surface area contributed by atoms with Gasteiger partial charge in [0.05, 0.1) is 0 Å². The maximum Gasteiger partial charge on any atom is 0.00122 e. The second kappa shape index (κ2) is 6.72. The monoisotopic (exact) mass is 241 g/mol. The number of hydrogen-bond donors (Lipinski definition) is 2. The van der Waals surface area contributed by atoms with Crippen LogP contribution in [0.3, 0.4) is 0 Å². The molecule has 3 heteroatoms. The van der Waals surface area contributed by atoms with Gasteiger partial charge in [-0.05, 0) is 56.8 Å². The molecule has 0 radical (unpaired) electrons. The Labute approximate surface area is 107 Å². The van der Waals surface area contributed by atoms with E-state index in [-0.39, 0.29) is 0 Å². The fourth-order valence-corrected chi connectivity index (χ4v) is 2.67. The Hall–Kier alpha value is -0.120. The molecule has 0 bridgehead atoms. The molecule has 0 aliphatic carbocycles. The first kappa shape index (κ1) is 14.9. The van der Waals surface area contributed by atoms with E-state index in [2.05, 4.69) is 38.0 Å². The highest BCUT2D eigenvalue weighted by Gasteiger charge is 2.31. The number of piperidine rings is 1. The minimum absolute atomic E-state index is 0.392. The summed E-state index contributed by atoms with van der Waals surface area (Å²) in [5.41, 5.74) is 6.03. The summed E-state index contributed by atoms with van der Waals surface area (Å²) in [6, 6.07) is 0. The van der Waals surface area contributed by atoms with Crippen LogP contribution in [-0.2, 0) is 0 Å². The van der Waals surface area contributed by atoms with E-state index in [1.54, 1.807) is 0 Å². The Balaban J connectivity index is 2.33. The van der Waals surface area contributed by atoms with Crippen molar-refractivity contribution in [1.29, 1.82) is 0 Å². The van der Waals surface area contributed by atoms with E-state index in [0.29, 0.717) is 11.3 Å². The zero-order valence-electron chi connectivity index (χ0n) is 12.1. The standard InChI is InChI=1S/C14H31N3/c1-12(8-15)9-16-11-14(2,3)13-6-5-7-17(4)10-13/h12-13,16H,5-11,15H2,1-4H3. The van der Waals surface area contributed by atoms with Crippen LogP contribution in [-0.4, -0.2) is 44.7 Å². The normalized spacial score (nSPS) is 24.9. The second-order valence-electron chi connectivity index (χ2n) is 6.56. The summed E-state index contributed by atoms with van der Waals surface area (Å²) in [6.07, 6.45) is 2.73. The molecule has 0 aromatic rings. The zero-order valence-corrected chi connectivity index (χ0v) is 12.1. The molecule has 2 atom stereocenters. The van der Waals surface area contributed by atoms with Crippen LogP contribution in [0, 0.1) is 17.3 Å². The van der Waals surface area contributed by atoms with E-state index in [0.717, 1.165) is 25.6 Å². The molecule has 1 rings (SSSR count). The number of nitrogens with one attached hydrogen (secondary N) is 1. The first-order valence-electron chi connectivity index (χ1n) is 7.05. The van der Waals surface area contributed by atoms with Gasteiger partial charge in [-0.15, -0.1) is 0 Å². The molecule has 1 saturated heterocycles. The van der Waals surface area contributed by atoms with Crippen LogP contribution in [0.1, 0.15) is 33.6 Å². The number of nitrogens with zero attached hydrogens (tertiary/aromatic N) is 1. The number of likely N-dealkylation sites (tertiary alicyclic amines) is 1. The van der Waals surface area contributed by atoms with E-state index in [9.17, 15) is 0 Å². The van der Waals surface area contributed by atoms with Crippen molar-refractivity contribution in [1.82, 2.24) is 10.2 Å². The van der Waals surface area contributed by atoms with Gasteiger partial charge in [0.1, 0.15) is 0 Å². The Morgan fingerprint density at radius 1 is 1.47 bits per heavy atom. The van der Waals surface area contributed by atoms with Crippen LogP contribution < -0.4 is 11.1 Å². The third-order valence-electron chi connectivity index (χ3n) is 4.21. The van der Waals surface area contributed by atoms with Crippen molar-refractivity contribution in [2.24, 2.45) is 23.0 Å². The topological polar surface area (TPSA) is 41.3 Å². The largest absolute Gasteiger partial charge is 0.330 e. The van der Waals surface area contributed by atoms with Gasteiger partial charge >= 0.3 is 0 Å². The summed E-state index contributed by atoms with van der Waals surface area (Å²) in [6.45, 7) is 12.4. The van der Waals surface area contributed by atoms with Gasteiger partial charge < -0.3 is 16.0 Å². The third-order valence-corrected chi connectivity index (χ3v) is 4.21. The predicted octanol–water partition coefficient (Wildman–Crippen LogP) is 1.54. The SMILES string of the molecule is CC(CN)CNCC(C)(C)C1CCCN(C)C1. The molecule has 0 saturated carbocycles. The Morgan fingerprint density at radius 3 is 2.76 bits per heavy atom. The highest BCUT2D eigenvalue weighted by molar-refractivity contribution is 4.85. The minimum atomic E-state index is 0.392. The van der Waals surface area contributed by atoms with Crippen LogP contribution in [0.4, 0.5) is 0 Å². The fourth-order valence-electron chi connectivity index (χ4n) is 2.67. The lowest BCUT2D eigenvalue weighted by molar-refractivity contribution is 0.102. The van der Waals surface area contributed by atoms with Crippen molar-refractivity contribution >= 4 is 0 Å². The van der Waals surface area contributed by atoms with Crippen LogP contribution in [0.25, 0.3) is 0 Å². The molecule has 0 aromatic heterocycles. The van der Waals surface area contributed by atoms with E-state index < -0.39 is 0 Å². The number of nitrogens with two attached hydrogens (primary N) is 1. The van der Waals surface area contributed by atoms with Gasteiger partial charge in [-0.3, -0.25) is 0 Å². The lowest BCUT2D eigenvalue weighted by Crippen LogP contribution is -2.44. The number of rotatable bonds is 6. The predicted molar refractivity (Wildman–Crippen MR) is 75.1 cm³/mol. The molecular weight excluding hydrogens is 210 g/mol. The number of hydrogen-bond acceptors (Lipinski definition) is 3. The van der Waals surface area contributed by atoms with Gasteiger partial charge in [0.2, 0.25) is 0 Å². The van der Waals surface area contributed by atoms with Crippen molar-refractivity contribution in [3.05, 3.63) is 0 Å². The zero-order chi connectivity index (χ0) is 12.9. The highest BCUT2D eigenvalue weighted by Crippen LogP contribution is 2.32. The Morgan fingerprint density at radius 2 is 2.18 bits per heavy atom. The molecule has 102 valence electrons. The Bertz CT molecular complexity index is 216. The van der Waals surface area contributed by atoms with Gasteiger partial charge in [0.15, 0.2) is 0 Å². The summed E-state index contributed by atoms with van der Waals surface area (Å²) in [4.78, 5) is 2.47. The van der Waals surface area contributed by atoms with Crippen LogP contribution >= 0.6 is 0 Å². The molecule has 0 spiro atoms. The first-order valence-corrected chi connectivity index (χ1v) is 7.05. The molecular formula is C14H31N3. The van der Waals surface area contributed by atoms with Crippen molar-refractivity contribution in [3.8, 4) is 0 Å². The van der Waals surface area contributed by atoms with Gasteiger partial charge in [-0.2, -0.15) is 0 Å². The molecule has 3 nitrogen and oxygen atoms in total. The minimum Gasteiger partial charge on any atom is -0.330 e.